The summed E-state index contributed by atoms with van der Waals surface area (Å²) in [5.41, 5.74) is 1.21. The Labute approximate surface area is 79.8 Å². The van der Waals surface area contributed by atoms with Crippen LogP contribution >= 0.6 is 0 Å². The van der Waals surface area contributed by atoms with Crippen molar-refractivity contribution in [1.29, 1.82) is 0 Å². The first-order valence-electron chi connectivity index (χ1n) is 4.77. The second kappa shape index (κ2) is 5.51. The number of likely N-dealkylation sites (tertiary alicyclic amines) is 1. The molecule has 1 heterocycles. The lowest BCUT2D eigenvalue weighted by atomic mass is 10.4. The van der Waals surface area contributed by atoms with Crippen LogP contribution in [0.25, 0.3) is 0 Å². The van der Waals surface area contributed by atoms with Crippen molar-refractivity contribution in [2.24, 2.45) is 10.2 Å². The fourth-order valence-corrected chi connectivity index (χ4v) is 1.37. The molecule has 1 rings (SSSR count). The lowest BCUT2D eigenvalue weighted by Gasteiger charge is -2.16. The fourth-order valence-electron chi connectivity index (χ4n) is 1.37. The lowest BCUT2D eigenvalue weighted by Crippen LogP contribution is -2.15. The van der Waals surface area contributed by atoms with Crippen molar-refractivity contribution < 1.29 is 0 Å². The third-order valence-corrected chi connectivity index (χ3v) is 2.13. The van der Waals surface area contributed by atoms with Gasteiger partial charge in [0.25, 0.3) is 0 Å². The third kappa shape index (κ3) is 3.40. The van der Waals surface area contributed by atoms with Gasteiger partial charge in [-0.3, -0.25) is 0 Å². The minimum atomic E-state index is 1.17. The zero-order chi connectivity index (χ0) is 9.52. The number of allylic oxidation sites excluding steroid dienone is 2. The summed E-state index contributed by atoms with van der Waals surface area (Å²) >= 11 is 0. The summed E-state index contributed by atoms with van der Waals surface area (Å²) in [4.78, 5) is 2.34. The number of hydrogen-bond acceptors (Lipinski definition) is 3. The smallest absolute Gasteiger partial charge is 0.0684 e. The standard InChI is InChI=1S/C10H17N3/c1-3-6-11-12-9-10(2)13-7-4-5-8-13/h3,6,9H,4-5,7-8H2,1-2H3/b6-3-,10-9+,12-11-. The van der Waals surface area contributed by atoms with Crippen LogP contribution in [0.1, 0.15) is 26.7 Å². The zero-order valence-corrected chi connectivity index (χ0v) is 8.40. The average Bonchev–Trinajstić information content (AvgIpc) is 2.65. The van der Waals surface area contributed by atoms with E-state index in [1.54, 1.807) is 6.20 Å². The van der Waals surface area contributed by atoms with E-state index in [0.717, 1.165) is 0 Å². The Kier molecular flexibility index (Phi) is 4.23. The molecule has 0 aromatic heterocycles. The molecular formula is C10H17N3. The zero-order valence-electron chi connectivity index (χ0n) is 8.40. The van der Waals surface area contributed by atoms with E-state index in [4.69, 9.17) is 0 Å². The van der Waals surface area contributed by atoms with E-state index < -0.39 is 0 Å². The van der Waals surface area contributed by atoms with Crippen LogP contribution in [-0.2, 0) is 0 Å². The van der Waals surface area contributed by atoms with Crippen molar-refractivity contribution in [2.45, 2.75) is 26.7 Å². The molecule has 0 radical (unpaired) electrons. The molecule has 13 heavy (non-hydrogen) atoms. The maximum atomic E-state index is 3.94. The Bertz CT molecular complexity index is 222. The van der Waals surface area contributed by atoms with E-state index in [1.165, 1.54) is 31.6 Å². The highest BCUT2D eigenvalue weighted by atomic mass is 15.2. The summed E-state index contributed by atoms with van der Waals surface area (Å²) in [5.74, 6) is 0. The van der Waals surface area contributed by atoms with E-state index in [0.29, 0.717) is 0 Å². The molecule has 0 amide bonds. The Morgan fingerprint density at radius 2 is 1.92 bits per heavy atom. The van der Waals surface area contributed by atoms with Gasteiger partial charge in [0.05, 0.1) is 6.20 Å². The summed E-state index contributed by atoms with van der Waals surface area (Å²) < 4.78 is 0. The molecule has 0 spiro atoms. The molecule has 1 aliphatic rings. The summed E-state index contributed by atoms with van der Waals surface area (Å²) in [6, 6.07) is 0. The highest BCUT2D eigenvalue weighted by Crippen LogP contribution is 2.13. The van der Waals surface area contributed by atoms with Crippen molar-refractivity contribution in [3.8, 4) is 0 Å². The van der Waals surface area contributed by atoms with Crippen LogP contribution in [0.5, 0.6) is 0 Å². The van der Waals surface area contributed by atoms with Gasteiger partial charge in [-0.1, -0.05) is 6.08 Å². The van der Waals surface area contributed by atoms with E-state index in [2.05, 4.69) is 22.1 Å². The van der Waals surface area contributed by atoms with E-state index in [9.17, 15) is 0 Å². The third-order valence-electron chi connectivity index (χ3n) is 2.13. The van der Waals surface area contributed by atoms with Gasteiger partial charge in [0.15, 0.2) is 0 Å². The van der Waals surface area contributed by atoms with Gasteiger partial charge < -0.3 is 4.90 Å². The largest absolute Gasteiger partial charge is 0.374 e. The molecule has 0 aromatic carbocycles. The Morgan fingerprint density at radius 1 is 1.23 bits per heavy atom. The molecule has 0 unspecified atom stereocenters. The topological polar surface area (TPSA) is 28.0 Å². The van der Waals surface area contributed by atoms with Crippen molar-refractivity contribution in [3.63, 3.8) is 0 Å². The summed E-state index contributed by atoms with van der Waals surface area (Å²) in [6.07, 6.45) is 7.98. The van der Waals surface area contributed by atoms with E-state index in [1.807, 2.05) is 19.2 Å². The molecule has 0 bridgehead atoms. The molecule has 1 aliphatic heterocycles. The molecule has 0 aliphatic carbocycles. The number of azo groups is 1. The summed E-state index contributed by atoms with van der Waals surface area (Å²) in [7, 11) is 0. The average molecular weight is 179 g/mol. The monoisotopic (exact) mass is 179 g/mol. The van der Waals surface area contributed by atoms with Crippen LogP contribution in [0.15, 0.2) is 34.4 Å². The molecule has 0 saturated carbocycles. The van der Waals surface area contributed by atoms with Gasteiger partial charge in [0, 0.05) is 25.0 Å². The van der Waals surface area contributed by atoms with Crippen LogP contribution in [-0.4, -0.2) is 18.0 Å². The predicted molar refractivity (Wildman–Crippen MR) is 54.2 cm³/mol. The predicted octanol–water partition coefficient (Wildman–Crippen LogP) is 2.93. The maximum Gasteiger partial charge on any atom is 0.0684 e. The number of hydrogen-bond donors (Lipinski definition) is 0. The van der Waals surface area contributed by atoms with Gasteiger partial charge in [-0.25, -0.2) is 0 Å². The molecule has 72 valence electrons. The van der Waals surface area contributed by atoms with Crippen molar-refractivity contribution in [1.82, 2.24) is 4.90 Å². The first-order valence-corrected chi connectivity index (χ1v) is 4.77. The van der Waals surface area contributed by atoms with E-state index >= 15 is 0 Å². The quantitative estimate of drug-likeness (QED) is 0.612. The molecule has 0 N–H and O–H groups in total. The Balaban J connectivity index is 2.40. The summed E-state index contributed by atoms with van der Waals surface area (Å²) in [6.45, 7) is 6.35. The van der Waals surface area contributed by atoms with Crippen LogP contribution < -0.4 is 0 Å². The molecule has 1 fully saturated rings. The minimum absolute atomic E-state index is 1.17. The maximum absolute atomic E-state index is 3.94. The van der Waals surface area contributed by atoms with Crippen LogP contribution in [0.3, 0.4) is 0 Å². The Hall–Kier alpha value is -1.12. The fraction of sp³-hybridized carbons (Fsp3) is 0.600. The van der Waals surface area contributed by atoms with Gasteiger partial charge >= 0.3 is 0 Å². The van der Waals surface area contributed by atoms with Crippen molar-refractivity contribution in [3.05, 3.63) is 24.2 Å². The van der Waals surface area contributed by atoms with Gasteiger partial charge in [-0.2, -0.15) is 10.2 Å². The summed E-state index contributed by atoms with van der Waals surface area (Å²) in [5, 5.41) is 7.78. The second-order valence-corrected chi connectivity index (χ2v) is 3.18. The van der Waals surface area contributed by atoms with Crippen molar-refractivity contribution >= 4 is 0 Å². The van der Waals surface area contributed by atoms with Gasteiger partial charge in [0.1, 0.15) is 0 Å². The van der Waals surface area contributed by atoms with Crippen LogP contribution in [0.2, 0.25) is 0 Å². The first kappa shape index (κ1) is 9.96. The second-order valence-electron chi connectivity index (χ2n) is 3.18. The molecule has 0 atom stereocenters. The lowest BCUT2D eigenvalue weighted by molar-refractivity contribution is 0.426. The van der Waals surface area contributed by atoms with Gasteiger partial charge in [-0.15, -0.1) is 0 Å². The number of rotatable bonds is 3. The molecule has 3 heteroatoms. The van der Waals surface area contributed by atoms with Gasteiger partial charge in [0.2, 0.25) is 0 Å². The molecular weight excluding hydrogens is 162 g/mol. The highest BCUT2D eigenvalue weighted by molar-refractivity contribution is 4.97. The van der Waals surface area contributed by atoms with Gasteiger partial charge in [-0.05, 0) is 26.7 Å². The highest BCUT2D eigenvalue weighted by Gasteiger charge is 2.10. The van der Waals surface area contributed by atoms with E-state index in [-0.39, 0.29) is 0 Å². The normalized spacial score (nSPS) is 19.5. The molecule has 1 saturated heterocycles. The number of nitrogens with zero attached hydrogens (tertiary/aromatic N) is 3. The molecule has 0 aromatic rings. The SMILES string of the molecule is C\C=C/N=N\C=C(/C)N1CCCC1. The first-order chi connectivity index (χ1) is 6.34. The van der Waals surface area contributed by atoms with Crippen molar-refractivity contribution in [2.75, 3.05) is 13.1 Å². The Morgan fingerprint density at radius 3 is 2.54 bits per heavy atom. The molecule has 3 nitrogen and oxygen atoms in total. The minimum Gasteiger partial charge on any atom is -0.374 e. The van der Waals surface area contributed by atoms with Crippen LogP contribution in [0, 0.1) is 0 Å². The van der Waals surface area contributed by atoms with Crippen LogP contribution in [0.4, 0.5) is 0 Å².